The van der Waals surface area contributed by atoms with E-state index in [4.69, 9.17) is 0 Å². The quantitative estimate of drug-likeness (QED) is 0.761. The molecule has 0 aromatic heterocycles. The molecule has 1 aromatic rings. The van der Waals surface area contributed by atoms with Crippen LogP contribution in [-0.4, -0.2) is 11.9 Å². The molecule has 0 unspecified atom stereocenters. The van der Waals surface area contributed by atoms with Crippen LogP contribution < -0.4 is 0 Å². The Kier molecular flexibility index (Phi) is 2.93. The molecule has 0 fully saturated rings. The molecule has 3 rings (SSSR count). The van der Waals surface area contributed by atoms with E-state index in [2.05, 4.69) is 41.2 Å². The second-order valence-electron chi connectivity index (χ2n) is 4.68. The normalized spacial score (nSPS) is 16.4. The van der Waals surface area contributed by atoms with Gasteiger partial charge >= 0.3 is 0 Å². The zero-order valence-electron chi connectivity index (χ0n) is 10.6. The van der Waals surface area contributed by atoms with E-state index in [1.807, 2.05) is 18.6 Å². The Labute approximate surface area is 107 Å². The molecule has 2 nitrogen and oxygen atoms in total. The number of aliphatic imine (C=N–C) groups is 2. The van der Waals surface area contributed by atoms with E-state index in [0.29, 0.717) is 0 Å². The van der Waals surface area contributed by atoms with Crippen LogP contribution in [0.5, 0.6) is 0 Å². The molecule has 18 heavy (non-hydrogen) atoms. The van der Waals surface area contributed by atoms with Crippen LogP contribution in [0.3, 0.4) is 0 Å². The van der Waals surface area contributed by atoms with Crippen molar-refractivity contribution in [2.75, 3.05) is 0 Å². The maximum atomic E-state index is 4.48. The predicted molar refractivity (Wildman–Crippen MR) is 76.2 cm³/mol. The minimum atomic E-state index is 1.05. The minimum Gasteiger partial charge on any atom is -0.263 e. The van der Waals surface area contributed by atoms with Gasteiger partial charge in [-0.2, -0.15) is 0 Å². The van der Waals surface area contributed by atoms with Crippen LogP contribution in [0.2, 0.25) is 0 Å². The fourth-order valence-corrected chi connectivity index (χ4v) is 2.28. The van der Waals surface area contributed by atoms with Gasteiger partial charge in [-0.15, -0.1) is 0 Å². The topological polar surface area (TPSA) is 24.7 Å². The lowest BCUT2D eigenvalue weighted by molar-refractivity contribution is 0.795. The highest BCUT2D eigenvalue weighted by Crippen LogP contribution is 2.26. The fraction of sp³-hybridized carbons (Fsp3) is 0.250. The summed E-state index contributed by atoms with van der Waals surface area (Å²) in [6.45, 7) is 2.22. The van der Waals surface area contributed by atoms with Gasteiger partial charge in [-0.1, -0.05) is 37.6 Å². The van der Waals surface area contributed by atoms with E-state index in [-0.39, 0.29) is 0 Å². The molecule has 0 saturated carbocycles. The summed E-state index contributed by atoms with van der Waals surface area (Å²) in [6, 6.07) is 8.75. The molecule has 0 amide bonds. The van der Waals surface area contributed by atoms with Crippen molar-refractivity contribution < 1.29 is 0 Å². The van der Waals surface area contributed by atoms with Gasteiger partial charge < -0.3 is 0 Å². The Morgan fingerprint density at radius 3 is 2.67 bits per heavy atom. The van der Waals surface area contributed by atoms with Crippen molar-refractivity contribution in [3.05, 3.63) is 58.9 Å². The monoisotopic (exact) mass is 236 g/mol. The molecular formula is C16H16N2. The summed E-state index contributed by atoms with van der Waals surface area (Å²) in [7, 11) is 0. The first kappa shape index (κ1) is 11.1. The first-order chi connectivity index (χ1) is 8.88. The van der Waals surface area contributed by atoms with Crippen molar-refractivity contribution in [1.29, 1.82) is 0 Å². The molecular weight excluding hydrogens is 220 g/mol. The molecule has 0 saturated heterocycles. The highest BCUT2D eigenvalue weighted by molar-refractivity contribution is 6.22. The highest BCUT2D eigenvalue weighted by Gasteiger charge is 2.20. The summed E-state index contributed by atoms with van der Waals surface area (Å²) < 4.78 is 0. The maximum Gasteiger partial charge on any atom is 0.0797 e. The molecule has 2 aliphatic rings. The summed E-state index contributed by atoms with van der Waals surface area (Å²) in [4.78, 5) is 8.64. The molecule has 0 atom stereocenters. The van der Waals surface area contributed by atoms with Gasteiger partial charge in [0.1, 0.15) is 0 Å². The van der Waals surface area contributed by atoms with Crippen molar-refractivity contribution in [3.63, 3.8) is 0 Å². The van der Waals surface area contributed by atoms with Gasteiger partial charge in [-0.3, -0.25) is 9.98 Å². The number of aryl methyl sites for hydroxylation is 1. The van der Waals surface area contributed by atoms with Crippen LogP contribution in [0.1, 0.15) is 30.9 Å². The molecule has 0 N–H and O–H groups in total. The SMILES string of the molecule is CCCCc1ccc(C2=NC=C3C=NC=C32)cc1. The lowest BCUT2D eigenvalue weighted by atomic mass is 9.99. The minimum absolute atomic E-state index is 1.05. The van der Waals surface area contributed by atoms with E-state index >= 15 is 0 Å². The van der Waals surface area contributed by atoms with Crippen LogP contribution in [0.15, 0.2) is 57.8 Å². The molecule has 0 aliphatic carbocycles. The Morgan fingerprint density at radius 2 is 1.89 bits per heavy atom. The van der Waals surface area contributed by atoms with Crippen LogP contribution in [0, 0.1) is 0 Å². The van der Waals surface area contributed by atoms with E-state index in [0.717, 1.165) is 16.9 Å². The average molecular weight is 236 g/mol. The van der Waals surface area contributed by atoms with E-state index in [1.54, 1.807) is 0 Å². The Bertz CT molecular complexity index is 572. The molecule has 0 spiro atoms. The lowest BCUT2D eigenvalue weighted by Crippen LogP contribution is -2.02. The molecule has 1 aromatic carbocycles. The third-order valence-corrected chi connectivity index (χ3v) is 3.36. The Balaban J connectivity index is 1.78. The van der Waals surface area contributed by atoms with E-state index < -0.39 is 0 Å². The smallest absolute Gasteiger partial charge is 0.0797 e. The summed E-state index contributed by atoms with van der Waals surface area (Å²) in [5, 5.41) is 0. The first-order valence-corrected chi connectivity index (χ1v) is 6.50. The van der Waals surface area contributed by atoms with Crippen molar-refractivity contribution in [2.45, 2.75) is 26.2 Å². The largest absolute Gasteiger partial charge is 0.263 e. The van der Waals surface area contributed by atoms with Gasteiger partial charge in [0, 0.05) is 35.3 Å². The second-order valence-corrected chi connectivity index (χ2v) is 4.68. The molecule has 2 heteroatoms. The number of allylic oxidation sites excluding steroid dienone is 2. The van der Waals surface area contributed by atoms with Gasteiger partial charge in [0.2, 0.25) is 0 Å². The van der Waals surface area contributed by atoms with Gasteiger partial charge in [-0.05, 0) is 18.4 Å². The van der Waals surface area contributed by atoms with Crippen molar-refractivity contribution >= 4 is 11.9 Å². The highest BCUT2D eigenvalue weighted by atomic mass is 14.8. The predicted octanol–water partition coefficient (Wildman–Crippen LogP) is 3.68. The number of hydrogen-bond acceptors (Lipinski definition) is 2. The zero-order chi connectivity index (χ0) is 12.4. The Morgan fingerprint density at radius 1 is 1.06 bits per heavy atom. The van der Waals surface area contributed by atoms with Crippen LogP contribution >= 0.6 is 0 Å². The van der Waals surface area contributed by atoms with Crippen LogP contribution in [0.4, 0.5) is 0 Å². The second kappa shape index (κ2) is 4.73. The molecule has 0 bridgehead atoms. The first-order valence-electron chi connectivity index (χ1n) is 6.50. The third-order valence-electron chi connectivity index (χ3n) is 3.36. The standard InChI is InChI=1S/C16H16N2/c1-2-3-4-12-5-7-13(8-6-12)16-15-11-17-9-14(15)10-18-16/h5-11H,2-4H2,1H3. The van der Waals surface area contributed by atoms with Crippen molar-refractivity contribution in [2.24, 2.45) is 9.98 Å². The summed E-state index contributed by atoms with van der Waals surface area (Å²) >= 11 is 0. The Hall–Kier alpha value is -1.96. The maximum absolute atomic E-state index is 4.48. The van der Waals surface area contributed by atoms with Crippen molar-refractivity contribution in [3.8, 4) is 0 Å². The number of nitrogens with zero attached hydrogens (tertiary/aromatic N) is 2. The summed E-state index contributed by atoms with van der Waals surface area (Å²) in [5.74, 6) is 0. The summed E-state index contributed by atoms with van der Waals surface area (Å²) in [5.41, 5.74) is 5.91. The lowest BCUT2D eigenvalue weighted by Gasteiger charge is -2.05. The number of fused-ring (bicyclic) bond motifs is 1. The fourth-order valence-electron chi connectivity index (χ4n) is 2.28. The number of benzene rings is 1. The zero-order valence-corrected chi connectivity index (χ0v) is 10.6. The van der Waals surface area contributed by atoms with Gasteiger partial charge in [0.05, 0.1) is 5.71 Å². The molecule has 2 heterocycles. The van der Waals surface area contributed by atoms with Crippen LogP contribution in [0.25, 0.3) is 0 Å². The summed E-state index contributed by atoms with van der Waals surface area (Å²) in [6.07, 6.45) is 9.31. The van der Waals surface area contributed by atoms with Crippen LogP contribution in [-0.2, 0) is 6.42 Å². The van der Waals surface area contributed by atoms with Gasteiger partial charge in [0.15, 0.2) is 0 Å². The molecule has 0 radical (unpaired) electrons. The number of hydrogen-bond donors (Lipinski definition) is 0. The molecule has 2 aliphatic heterocycles. The molecule has 90 valence electrons. The average Bonchev–Trinajstić information content (AvgIpc) is 2.99. The number of unbranched alkanes of at least 4 members (excludes halogenated alkanes) is 1. The van der Waals surface area contributed by atoms with E-state index in [9.17, 15) is 0 Å². The number of rotatable bonds is 4. The van der Waals surface area contributed by atoms with Gasteiger partial charge in [0.25, 0.3) is 0 Å². The van der Waals surface area contributed by atoms with Crippen molar-refractivity contribution in [1.82, 2.24) is 0 Å². The third kappa shape index (κ3) is 1.94. The van der Waals surface area contributed by atoms with E-state index in [1.165, 1.54) is 30.4 Å². The van der Waals surface area contributed by atoms with Gasteiger partial charge in [-0.25, -0.2) is 0 Å².